The lowest BCUT2D eigenvalue weighted by molar-refractivity contribution is -0.124. The van der Waals surface area contributed by atoms with E-state index in [0.717, 1.165) is 5.39 Å². The molecule has 2 aromatic heterocycles. The molecule has 1 saturated heterocycles. The van der Waals surface area contributed by atoms with Crippen LogP contribution in [0.3, 0.4) is 0 Å². The predicted octanol–water partition coefficient (Wildman–Crippen LogP) is 4.22. The monoisotopic (exact) mass is 731 g/mol. The SMILES string of the molecule is CC(C)(CC(=O)[C@H](Cc1ccc(OS(=O)(=O)c2ccc3ccccc3n2)cc1)NS(=O)(=O)c1cccc2cnccc12)OC(=O)N1CCNCC1. The minimum Gasteiger partial charge on any atom is -0.443 e. The van der Waals surface area contributed by atoms with Gasteiger partial charge in [-0.3, -0.25) is 9.78 Å². The summed E-state index contributed by atoms with van der Waals surface area (Å²) in [4.78, 5) is 36.6. The van der Waals surface area contributed by atoms with E-state index < -0.39 is 43.7 Å². The minimum absolute atomic E-state index is 0.00230. The lowest BCUT2D eigenvalue weighted by atomic mass is 9.94. The first kappa shape index (κ1) is 35.9. The molecular formula is C36H37N5O8S2. The summed E-state index contributed by atoms with van der Waals surface area (Å²) >= 11 is 0. The smallest absolute Gasteiger partial charge is 0.410 e. The summed E-state index contributed by atoms with van der Waals surface area (Å²) in [6.45, 7) is 5.38. The predicted molar refractivity (Wildman–Crippen MR) is 190 cm³/mol. The molecule has 1 amide bonds. The van der Waals surface area contributed by atoms with Crippen LogP contribution in [0.5, 0.6) is 5.75 Å². The molecule has 2 N–H and O–H groups in total. The Balaban J connectivity index is 1.22. The van der Waals surface area contributed by atoms with Crippen LogP contribution in [0.1, 0.15) is 25.8 Å². The molecule has 0 aliphatic carbocycles. The fraction of sp³-hybridized carbons (Fsp3) is 0.278. The molecule has 266 valence electrons. The van der Waals surface area contributed by atoms with Gasteiger partial charge in [0.05, 0.1) is 16.5 Å². The number of nitrogens with zero attached hydrogens (tertiary/aromatic N) is 3. The second-order valence-corrected chi connectivity index (χ2v) is 15.9. The highest BCUT2D eigenvalue weighted by Crippen LogP contribution is 2.26. The average molecular weight is 732 g/mol. The Morgan fingerprint density at radius 3 is 2.39 bits per heavy atom. The zero-order valence-corrected chi connectivity index (χ0v) is 29.6. The van der Waals surface area contributed by atoms with Crippen LogP contribution in [0.25, 0.3) is 21.7 Å². The number of fused-ring (bicyclic) bond motifs is 2. The van der Waals surface area contributed by atoms with Gasteiger partial charge < -0.3 is 19.1 Å². The highest BCUT2D eigenvalue weighted by Gasteiger charge is 2.34. The summed E-state index contributed by atoms with van der Waals surface area (Å²) in [6, 6.07) is 21.1. The highest BCUT2D eigenvalue weighted by molar-refractivity contribution is 7.89. The van der Waals surface area contributed by atoms with E-state index in [4.69, 9.17) is 8.92 Å². The van der Waals surface area contributed by atoms with Crippen LogP contribution in [0.4, 0.5) is 4.79 Å². The number of hydrogen-bond acceptors (Lipinski definition) is 11. The third kappa shape index (κ3) is 8.68. The molecule has 6 rings (SSSR count). The largest absolute Gasteiger partial charge is 0.443 e. The molecule has 0 bridgehead atoms. The van der Waals surface area contributed by atoms with E-state index in [9.17, 15) is 26.4 Å². The number of rotatable bonds is 12. The van der Waals surface area contributed by atoms with Crippen molar-refractivity contribution >= 4 is 53.7 Å². The Bertz CT molecular complexity index is 2290. The molecule has 13 nitrogen and oxygen atoms in total. The van der Waals surface area contributed by atoms with Gasteiger partial charge in [0.15, 0.2) is 10.8 Å². The van der Waals surface area contributed by atoms with Crippen molar-refractivity contribution in [2.75, 3.05) is 26.2 Å². The molecule has 1 fully saturated rings. The van der Waals surface area contributed by atoms with E-state index in [-0.39, 0.29) is 28.5 Å². The van der Waals surface area contributed by atoms with Crippen molar-refractivity contribution in [2.24, 2.45) is 0 Å². The lowest BCUT2D eigenvalue weighted by Crippen LogP contribution is -2.49. The fourth-order valence-electron chi connectivity index (χ4n) is 5.80. The van der Waals surface area contributed by atoms with Crippen LogP contribution in [-0.4, -0.2) is 81.4 Å². The number of ether oxygens (including phenoxy) is 1. The molecule has 3 heterocycles. The zero-order valence-electron chi connectivity index (χ0n) is 28.0. The number of Topliss-reactive ketones (excluding diaryl/α,β-unsaturated/α-hetero) is 1. The molecule has 15 heteroatoms. The second-order valence-electron chi connectivity index (χ2n) is 12.8. The van der Waals surface area contributed by atoms with Crippen LogP contribution in [0, 0.1) is 0 Å². The molecule has 1 atom stereocenters. The van der Waals surface area contributed by atoms with Crippen molar-refractivity contribution in [3.8, 4) is 5.75 Å². The first-order valence-corrected chi connectivity index (χ1v) is 19.1. The summed E-state index contributed by atoms with van der Waals surface area (Å²) < 4.78 is 67.4. The number of carbonyl (C=O) groups is 2. The molecule has 1 aliphatic heterocycles. The number of aromatic nitrogens is 2. The Labute approximate surface area is 296 Å². The van der Waals surface area contributed by atoms with Gasteiger partial charge in [-0.15, -0.1) is 0 Å². The number of pyridine rings is 2. The summed E-state index contributed by atoms with van der Waals surface area (Å²) in [7, 11) is -8.53. The molecule has 0 saturated carbocycles. The van der Waals surface area contributed by atoms with Crippen LogP contribution in [0.15, 0.2) is 107 Å². The van der Waals surface area contributed by atoms with Crippen molar-refractivity contribution < 1.29 is 35.3 Å². The molecule has 1 aliphatic rings. The number of ketones is 1. The van der Waals surface area contributed by atoms with Crippen molar-refractivity contribution in [1.82, 2.24) is 24.9 Å². The van der Waals surface area contributed by atoms with E-state index >= 15 is 0 Å². The molecular weight excluding hydrogens is 695 g/mol. The van der Waals surface area contributed by atoms with Crippen molar-refractivity contribution in [1.29, 1.82) is 0 Å². The number of nitrogens with one attached hydrogen (secondary N) is 2. The van der Waals surface area contributed by atoms with Gasteiger partial charge in [-0.1, -0.05) is 42.5 Å². The summed E-state index contributed by atoms with van der Waals surface area (Å²) in [5.41, 5.74) is -0.239. The summed E-state index contributed by atoms with van der Waals surface area (Å²) in [5.74, 6) is -0.508. The highest BCUT2D eigenvalue weighted by atomic mass is 32.2. The van der Waals surface area contributed by atoms with E-state index in [1.807, 2.05) is 12.1 Å². The van der Waals surface area contributed by atoms with Crippen LogP contribution >= 0.6 is 0 Å². The average Bonchev–Trinajstić information content (AvgIpc) is 3.11. The van der Waals surface area contributed by atoms with Crippen molar-refractivity contribution in [3.63, 3.8) is 0 Å². The van der Waals surface area contributed by atoms with Gasteiger partial charge in [0.2, 0.25) is 10.0 Å². The van der Waals surface area contributed by atoms with Crippen LogP contribution in [0.2, 0.25) is 0 Å². The Hall–Kier alpha value is -4.96. The van der Waals surface area contributed by atoms with Gasteiger partial charge in [0, 0.05) is 61.2 Å². The maximum absolute atomic E-state index is 13.9. The minimum atomic E-state index is -4.28. The van der Waals surface area contributed by atoms with Gasteiger partial charge in [-0.25, -0.2) is 22.9 Å². The zero-order chi connectivity index (χ0) is 36.2. The number of benzene rings is 3. The lowest BCUT2D eigenvalue weighted by Gasteiger charge is -2.32. The Morgan fingerprint density at radius 2 is 1.63 bits per heavy atom. The molecule has 3 aromatic carbocycles. The van der Waals surface area contributed by atoms with Gasteiger partial charge in [0.1, 0.15) is 11.4 Å². The third-order valence-corrected chi connectivity index (χ3v) is 11.0. The molecule has 0 unspecified atom stereocenters. The van der Waals surface area contributed by atoms with E-state index in [1.54, 1.807) is 73.5 Å². The number of sulfonamides is 1. The van der Waals surface area contributed by atoms with Crippen LogP contribution < -0.4 is 14.2 Å². The molecule has 0 spiro atoms. The number of para-hydroxylation sites is 1. The number of hydrogen-bond donors (Lipinski definition) is 2. The standard InChI is InChI=1S/C36H37N5O8S2/c1-36(2,48-35(43)41-20-18-37-19-21-41)23-32(42)31(40-50(44,45)33-9-5-7-27-24-38-17-16-29(27)33)22-25-10-13-28(14-11-25)49-51(46,47)34-15-12-26-6-3-4-8-30(26)39-34/h3-17,24,31,37,40H,18-23H2,1-2H3/t31-/m0/s1. The third-order valence-electron chi connectivity index (χ3n) is 8.35. The topological polar surface area (TPSA) is 174 Å². The molecule has 51 heavy (non-hydrogen) atoms. The first-order valence-electron chi connectivity index (χ1n) is 16.3. The number of amides is 1. The van der Waals surface area contributed by atoms with Crippen molar-refractivity contribution in [2.45, 2.75) is 48.3 Å². The number of piperazine rings is 1. The van der Waals surface area contributed by atoms with Gasteiger partial charge in [0.25, 0.3) is 0 Å². The first-order chi connectivity index (χ1) is 24.3. The Kier molecular flexibility index (Phi) is 10.3. The summed E-state index contributed by atoms with van der Waals surface area (Å²) in [6.07, 6.45) is 2.10. The van der Waals surface area contributed by atoms with E-state index in [2.05, 4.69) is 20.0 Å². The maximum atomic E-state index is 13.9. The quantitative estimate of drug-likeness (QED) is 0.176. The van der Waals surface area contributed by atoms with E-state index in [0.29, 0.717) is 48.0 Å². The van der Waals surface area contributed by atoms with Gasteiger partial charge in [-0.2, -0.15) is 8.42 Å². The second kappa shape index (κ2) is 14.7. The van der Waals surface area contributed by atoms with Gasteiger partial charge >= 0.3 is 16.2 Å². The fourth-order valence-corrected chi connectivity index (χ4v) is 8.14. The van der Waals surface area contributed by atoms with Crippen LogP contribution in [-0.2, 0) is 36.1 Å². The molecule has 5 aromatic rings. The normalized spacial score (nSPS) is 14.7. The molecule has 0 radical (unpaired) electrons. The van der Waals surface area contributed by atoms with Crippen molar-refractivity contribution in [3.05, 3.63) is 103 Å². The van der Waals surface area contributed by atoms with Gasteiger partial charge in [-0.05, 0) is 68.3 Å². The summed E-state index contributed by atoms with van der Waals surface area (Å²) in [5, 5.41) is 4.72. The maximum Gasteiger partial charge on any atom is 0.410 e. The van der Waals surface area contributed by atoms with E-state index in [1.165, 1.54) is 30.5 Å². The number of carbonyl (C=O) groups excluding carboxylic acids is 2. The Morgan fingerprint density at radius 1 is 0.902 bits per heavy atom.